The van der Waals surface area contributed by atoms with Gasteiger partial charge >= 0.3 is 0 Å². The molecule has 0 radical (unpaired) electrons. The Kier molecular flexibility index (Phi) is 4.33. The Bertz CT molecular complexity index is 479. The quantitative estimate of drug-likeness (QED) is 0.790. The molecule has 0 unspecified atom stereocenters. The van der Waals surface area contributed by atoms with Crippen LogP contribution in [0, 0.1) is 0 Å². The fourth-order valence-corrected chi connectivity index (χ4v) is 1.50. The molecule has 0 atom stereocenters. The van der Waals surface area contributed by atoms with Gasteiger partial charge in [-0.05, 0) is 24.3 Å². The zero-order valence-electron chi connectivity index (χ0n) is 10.3. The van der Waals surface area contributed by atoms with Crippen LogP contribution in [-0.4, -0.2) is 25.3 Å². The van der Waals surface area contributed by atoms with E-state index in [1.54, 1.807) is 13.4 Å². The van der Waals surface area contributed by atoms with E-state index >= 15 is 0 Å². The summed E-state index contributed by atoms with van der Waals surface area (Å²) in [7, 11) is 1.64. The first-order valence-electron chi connectivity index (χ1n) is 5.70. The number of hydrogen-bond donors (Lipinski definition) is 1. The van der Waals surface area contributed by atoms with Crippen molar-refractivity contribution in [3.05, 3.63) is 36.4 Å². The lowest BCUT2D eigenvalue weighted by atomic mass is 10.2. The minimum Gasteiger partial charge on any atom is -0.491 e. The molecule has 5 nitrogen and oxygen atoms in total. The standard InChI is InChI=1S/C13H16N2O3/c1-16-6-7-17-11-4-2-10(3-5-11)12-9-18-13(8-14)15-12/h2-5,9H,6-8,14H2,1H3. The van der Waals surface area contributed by atoms with Crippen molar-refractivity contribution in [2.75, 3.05) is 20.3 Å². The molecular weight excluding hydrogens is 232 g/mol. The summed E-state index contributed by atoms with van der Waals surface area (Å²) in [5.74, 6) is 1.34. The Morgan fingerprint density at radius 1 is 1.22 bits per heavy atom. The molecule has 0 aliphatic carbocycles. The summed E-state index contributed by atoms with van der Waals surface area (Å²) < 4.78 is 15.6. The van der Waals surface area contributed by atoms with Crippen molar-refractivity contribution in [1.82, 2.24) is 4.98 Å². The fraction of sp³-hybridized carbons (Fsp3) is 0.308. The highest BCUT2D eigenvalue weighted by Crippen LogP contribution is 2.21. The molecule has 2 rings (SSSR count). The molecule has 5 heteroatoms. The monoisotopic (exact) mass is 248 g/mol. The van der Waals surface area contributed by atoms with Gasteiger partial charge in [-0.1, -0.05) is 0 Å². The first kappa shape index (κ1) is 12.6. The summed E-state index contributed by atoms with van der Waals surface area (Å²) in [5, 5.41) is 0. The predicted molar refractivity (Wildman–Crippen MR) is 67.2 cm³/mol. The molecule has 2 aromatic rings. The van der Waals surface area contributed by atoms with Crippen LogP contribution in [0.25, 0.3) is 11.3 Å². The van der Waals surface area contributed by atoms with Crippen LogP contribution in [0.1, 0.15) is 5.89 Å². The van der Waals surface area contributed by atoms with Gasteiger partial charge in [0.2, 0.25) is 5.89 Å². The molecule has 0 aliphatic heterocycles. The van der Waals surface area contributed by atoms with Crippen LogP contribution < -0.4 is 10.5 Å². The number of hydrogen-bond acceptors (Lipinski definition) is 5. The Balaban J connectivity index is 2.02. The Morgan fingerprint density at radius 2 is 2.00 bits per heavy atom. The lowest BCUT2D eigenvalue weighted by Crippen LogP contribution is -2.03. The number of ether oxygens (including phenoxy) is 2. The minimum absolute atomic E-state index is 0.304. The van der Waals surface area contributed by atoms with Gasteiger partial charge in [-0.3, -0.25) is 0 Å². The number of nitrogens with zero attached hydrogens (tertiary/aromatic N) is 1. The van der Waals surface area contributed by atoms with E-state index in [0.29, 0.717) is 25.6 Å². The van der Waals surface area contributed by atoms with Crippen LogP contribution >= 0.6 is 0 Å². The van der Waals surface area contributed by atoms with Gasteiger partial charge in [0.1, 0.15) is 24.3 Å². The van der Waals surface area contributed by atoms with Gasteiger partial charge in [0, 0.05) is 12.7 Å². The number of methoxy groups -OCH3 is 1. The minimum atomic E-state index is 0.304. The maximum absolute atomic E-state index is 5.47. The third-order valence-corrected chi connectivity index (χ3v) is 2.43. The molecule has 96 valence electrons. The molecule has 0 saturated heterocycles. The van der Waals surface area contributed by atoms with Gasteiger partial charge in [-0.25, -0.2) is 4.98 Å². The predicted octanol–water partition coefficient (Wildman–Crippen LogP) is 1.83. The largest absolute Gasteiger partial charge is 0.491 e. The summed E-state index contributed by atoms with van der Waals surface area (Å²) in [6, 6.07) is 7.64. The van der Waals surface area contributed by atoms with E-state index < -0.39 is 0 Å². The van der Waals surface area contributed by atoms with Crippen LogP contribution in [0.5, 0.6) is 5.75 Å². The van der Waals surface area contributed by atoms with Crippen LogP contribution in [-0.2, 0) is 11.3 Å². The van der Waals surface area contributed by atoms with E-state index in [1.807, 2.05) is 24.3 Å². The van der Waals surface area contributed by atoms with Crippen molar-refractivity contribution in [3.63, 3.8) is 0 Å². The van der Waals surface area contributed by atoms with Crippen molar-refractivity contribution in [1.29, 1.82) is 0 Å². The van der Waals surface area contributed by atoms with E-state index in [9.17, 15) is 0 Å². The fourth-order valence-electron chi connectivity index (χ4n) is 1.50. The third kappa shape index (κ3) is 3.09. The highest BCUT2D eigenvalue weighted by molar-refractivity contribution is 5.58. The first-order valence-corrected chi connectivity index (χ1v) is 5.70. The summed E-state index contributed by atoms with van der Waals surface area (Å²) in [6.45, 7) is 1.42. The maximum Gasteiger partial charge on any atom is 0.208 e. The Labute approximate surface area is 106 Å². The lowest BCUT2D eigenvalue weighted by molar-refractivity contribution is 0.146. The Hall–Kier alpha value is -1.85. The molecule has 1 aromatic carbocycles. The number of nitrogens with two attached hydrogens (primary N) is 1. The second kappa shape index (κ2) is 6.18. The van der Waals surface area contributed by atoms with Crippen molar-refractivity contribution >= 4 is 0 Å². The molecule has 0 saturated carbocycles. The van der Waals surface area contributed by atoms with E-state index in [2.05, 4.69) is 4.98 Å². The van der Waals surface area contributed by atoms with Crippen LogP contribution in [0.2, 0.25) is 0 Å². The average Bonchev–Trinajstić information content (AvgIpc) is 2.89. The highest BCUT2D eigenvalue weighted by Gasteiger charge is 2.05. The Morgan fingerprint density at radius 3 is 2.61 bits per heavy atom. The normalized spacial score (nSPS) is 10.6. The first-order chi connectivity index (χ1) is 8.83. The van der Waals surface area contributed by atoms with Crippen LogP contribution in [0.3, 0.4) is 0 Å². The number of rotatable bonds is 6. The number of oxazole rings is 1. The van der Waals surface area contributed by atoms with Gasteiger partial charge in [0.15, 0.2) is 0 Å². The topological polar surface area (TPSA) is 70.5 Å². The smallest absolute Gasteiger partial charge is 0.208 e. The molecule has 0 aliphatic rings. The zero-order chi connectivity index (χ0) is 12.8. The summed E-state index contributed by atoms with van der Waals surface area (Å²) >= 11 is 0. The van der Waals surface area contributed by atoms with Crippen LogP contribution in [0.4, 0.5) is 0 Å². The van der Waals surface area contributed by atoms with E-state index in [-0.39, 0.29) is 0 Å². The summed E-state index contributed by atoms with van der Waals surface area (Å²) in [5.41, 5.74) is 7.19. The lowest BCUT2D eigenvalue weighted by Gasteiger charge is -2.05. The molecule has 0 spiro atoms. The van der Waals surface area contributed by atoms with Crippen molar-refractivity contribution in [3.8, 4) is 17.0 Å². The van der Waals surface area contributed by atoms with Crippen molar-refractivity contribution in [2.45, 2.75) is 6.54 Å². The van der Waals surface area contributed by atoms with Gasteiger partial charge in [-0.2, -0.15) is 0 Å². The van der Waals surface area contributed by atoms with Gasteiger partial charge in [-0.15, -0.1) is 0 Å². The number of benzene rings is 1. The van der Waals surface area contributed by atoms with E-state index in [1.165, 1.54) is 0 Å². The highest BCUT2D eigenvalue weighted by atomic mass is 16.5. The molecule has 0 fully saturated rings. The summed E-state index contributed by atoms with van der Waals surface area (Å²) in [6.07, 6.45) is 1.60. The zero-order valence-corrected chi connectivity index (χ0v) is 10.3. The second-order valence-corrected chi connectivity index (χ2v) is 3.70. The molecule has 0 amide bonds. The van der Waals surface area contributed by atoms with E-state index in [0.717, 1.165) is 17.0 Å². The van der Waals surface area contributed by atoms with Crippen molar-refractivity contribution in [2.24, 2.45) is 5.73 Å². The molecule has 2 N–H and O–H groups in total. The van der Waals surface area contributed by atoms with Crippen molar-refractivity contribution < 1.29 is 13.9 Å². The molecule has 1 heterocycles. The molecule has 18 heavy (non-hydrogen) atoms. The van der Waals surface area contributed by atoms with Gasteiger partial charge in [0.05, 0.1) is 13.2 Å². The van der Waals surface area contributed by atoms with Gasteiger partial charge < -0.3 is 19.6 Å². The number of aromatic nitrogens is 1. The molecular formula is C13H16N2O3. The maximum atomic E-state index is 5.47. The summed E-state index contributed by atoms with van der Waals surface area (Å²) in [4.78, 5) is 4.25. The van der Waals surface area contributed by atoms with Crippen LogP contribution in [0.15, 0.2) is 34.9 Å². The average molecular weight is 248 g/mol. The third-order valence-electron chi connectivity index (χ3n) is 2.43. The van der Waals surface area contributed by atoms with E-state index in [4.69, 9.17) is 19.6 Å². The second-order valence-electron chi connectivity index (χ2n) is 3.70. The van der Waals surface area contributed by atoms with Gasteiger partial charge in [0.25, 0.3) is 0 Å². The molecule has 1 aromatic heterocycles. The molecule has 0 bridgehead atoms. The SMILES string of the molecule is COCCOc1ccc(-c2coc(CN)n2)cc1.